The van der Waals surface area contributed by atoms with Crippen LogP contribution < -0.4 is 20.3 Å². The van der Waals surface area contributed by atoms with Crippen molar-refractivity contribution in [3.8, 4) is 11.5 Å². The van der Waals surface area contributed by atoms with E-state index >= 15 is 0 Å². The molecular weight excluding hydrogens is 340 g/mol. The number of amides is 2. The lowest BCUT2D eigenvalue weighted by Crippen LogP contribution is -2.36. The molecule has 3 rings (SSSR count). The van der Waals surface area contributed by atoms with Crippen molar-refractivity contribution in [3.63, 3.8) is 0 Å². The van der Waals surface area contributed by atoms with Gasteiger partial charge in [-0.15, -0.1) is 0 Å². The van der Waals surface area contributed by atoms with Crippen LogP contribution in [0.5, 0.6) is 11.5 Å². The smallest absolute Gasteiger partial charge is 0.407 e. The van der Waals surface area contributed by atoms with Crippen LogP contribution in [0.4, 0.5) is 4.79 Å². The van der Waals surface area contributed by atoms with Crippen LogP contribution in [0, 0.1) is 0 Å². The zero-order chi connectivity index (χ0) is 18.4. The first-order chi connectivity index (χ1) is 12.7. The van der Waals surface area contributed by atoms with Gasteiger partial charge in [0.1, 0.15) is 13.2 Å². The molecule has 1 aliphatic heterocycles. The van der Waals surface area contributed by atoms with Gasteiger partial charge >= 0.3 is 6.09 Å². The van der Waals surface area contributed by atoms with E-state index in [0.29, 0.717) is 23.7 Å². The van der Waals surface area contributed by atoms with Gasteiger partial charge in [0.15, 0.2) is 17.6 Å². The van der Waals surface area contributed by atoms with E-state index in [2.05, 4.69) is 5.32 Å². The first kappa shape index (κ1) is 17.6. The van der Waals surface area contributed by atoms with Crippen molar-refractivity contribution < 1.29 is 29.0 Å². The molecule has 2 aromatic carbocycles. The van der Waals surface area contributed by atoms with Crippen LogP contribution in [0.15, 0.2) is 48.5 Å². The summed E-state index contributed by atoms with van der Waals surface area (Å²) in [5.41, 5.74) is 2.65. The van der Waals surface area contributed by atoms with Gasteiger partial charge < -0.3 is 19.5 Å². The highest BCUT2D eigenvalue weighted by molar-refractivity contribution is 5.93. The Morgan fingerprint density at radius 1 is 1.12 bits per heavy atom. The summed E-state index contributed by atoms with van der Waals surface area (Å²) in [4.78, 5) is 23.0. The van der Waals surface area contributed by atoms with E-state index in [1.54, 1.807) is 35.8 Å². The Morgan fingerprint density at radius 2 is 1.85 bits per heavy atom. The summed E-state index contributed by atoms with van der Waals surface area (Å²) in [7, 11) is 0. The second-order valence-electron chi connectivity index (χ2n) is 5.59. The van der Waals surface area contributed by atoms with Gasteiger partial charge in [0, 0.05) is 12.1 Å². The topological polar surface area (TPSA) is 106 Å². The van der Waals surface area contributed by atoms with Crippen molar-refractivity contribution in [1.29, 1.82) is 0 Å². The van der Waals surface area contributed by atoms with E-state index in [4.69, 9.17) is 19.4 Å². The standard InChI is InChI=1S/C18H18N2O6/c21-17(20-23)13-7-5-12(6-8-13)9-19-18(22)25-11-14-10-24-15-3-1-2-4-16(15)26-14/h1-8,14,23H,9-11H2,(H,19,22)(H,20,21). The number of fused-ring (bicyclic) bond motifs is 1. The third-order valence-corrected chi connectivity index (χ3v) is 3.72. The van der Waals surface area contributed by atoms with Crippen LogP contribution in [0.2, 0.25) is 0 Å². The van der Waals surface area contributed by atoms with E-state index in [1.807, 2.05) is 18.2 Å². The number of carbonyl (C=O) groups is 2. The molecule has 136 valence electrons. The predicted octanol–water partition coefficient (Wildman–Crippen LogP) is 1.87. The second kappa shape index (κ2) is 8.21. The fourth-order valence-electron chi connectivity index (χ4n) is 2.38. The minimum Gasteiger partial charge on any atom is -0.486 e. The van der Waals surface area contributed by atoms with Gasteiger partial charge in [0.25, 0.3) is 5.91 Å². The van der Waals surface area contributed by atoms with E-state index in [9.17, 15) is 9.59 Å². The molecule has 1 atom stereocenters. The molecule has 1 unspecified atom stereocenters. The summed E-state index contributed by atoms with van der Waals surface area (Å²) in [5.74, 6) is 0.700. The lowest BCUT2D eigenvalue weighted by molar-refractivity contribution is 0.0334. The Balaban J connectivity index is 1.41. The molecule has 1 heterocycles. The molecule has 3 N–H and O–H groups in total. The highest BCUT2D eigenvalue weighted by Gasteiger charge is 2.21. The Kier molecular flexibility index (Phi) is 5.55. The van der Waals surface area contributed by atoms with Gasteiger partial charge in [0.05, 0.1) is 0 Å². The van der Waals surface area contributed by atoms with Crippen LogP contribution in [0.1, 0.15) is 15.9 Å². The molecule has 8 heteroatoms. The Bertz CT molecular complexity index is 778. The molecule has 2 amide bonds. The largest absolute Gasteiger partial charge is 0.486 e. The summed E-state index contributed by atoms with van der Waals surface area (Å²) >= 11 is 0. The molecule has 0 radical (unpaired) electrons. The average Bonchev–Trinajstić information content (AvgIpc) is 2.70. The number of benzene rings is 2. The van der Waals surface area contributed by atoms with Gasteiger partial charge in [-0.2, -0.15) is 0 Å². The summed E-state index contributed by atoms with van der Waals surface area (Å²) in [5, 5.41) is 11.2. The Hall–Kier alpha value is -3.26. The Morgan fingerprint density at radius 3 is 2.58 bits per heavy atom. The normalized spacial score (nSPS) is 15.0. The molecule has 26 heavy (non-hydrogen) atoms. The van der Waals surface area contributed by atoms with Crippen molar-refractivity contribution in [3.05, 3.63) is 59.7 Å². The molecule has 8 nitrogen and oxygen atoms in total. The summed E-state index contributed by atoms with van der Waals surface area (Å²) in [6.45, 7) is 0.610. The number of hydroxylamine groups is 1. The van der Waals surface area contributed by atoms with Crippen LogP contribution in [-0.2, 0) is 11.3 Å². The van der Waals surface area contributed by atoms with Crippen molar-refractivity contribution in [1.82, 2.24) is 10.8 Å². The minimum absolute atomic E-state index is 0.0653. The van der Waals surface area contributed by atoms with Gasteiger partial charge in [-0.1, -0.05) is 24.3 Å². The summed E-state index contributed by atoms with van der Waals surface area (Å²) in [6.07, 6.45) is -0.948. The number of hydrogen-bond donors (Lipinski definition) is 3. The highest BCUT2D eigenvalue weighted by Crippen LogP contribution is 2.30. The van der Waals surface area contributed by atoms with E-state index in [0.717, 1.165) is 5.56 Å². The highest BCUT2D eigenvalue weighted by atomic mass is 16.6. The van der Waals surface area contributed by atoms with E-state index in [-0.39, 0.29) is 19.3 Å². The summed E-state index contributed by atoms with van der Waals surface area (Å²) in [6, 6.07) is 13.7. The van der Waals surface area contributed by atoms with Crippen molar-refractivity contribution in [2.45, 2.75) is 12.6 Å². The number of alkyl carbamates (subject to hydrolysis) is 1. The lowest BCUT2D eigenvalue weighted by Gasteiger charge is -2.26. The van der Waals surface area contributed by atoms with Crippen molar-refractivity contribution in [2.75, 3.05) is 13.2 Å². The van der Waals surface area contributed by atoms with Gasteiger partial charge in [-0.25, -0.2) is 10.3 Å². The molecule has 0 bridgehead atoms. The molecule has 0 aliphatic carbocycles. The molecular formula is C18H18N2O6. The number of hydrogen-bond acceptors (Lipinski definition) is 6. The van der Waals surface area contributed by atoms with E-state index < -0.39 is 12.0 Å². The third kappa shape index (κ3) is 4.42. The maximum Gasteiger partial charge on any atom is 0.407 e. The zero-order valence-electron chi connectivity index (χ0n) is 13.8. The molecule has 0 saturated heterocycles. The third-order valence-electron chi connectivity index (χ3n) is 3.72. The van der Waals surface area contributed by atoms with Crippen molar-refractivity contribution >= 4 is 12.0 Å². The minimum atomic E-state index is -0.597. The van der Waals surface area contributed by atoms with Crippen LogP contribution in [-0.4, -0.2) is 36.5 Å². The number of rotatable bonds is 5. The first-order valence-corrected chi connectivity index (χ1v) is 7.98. The first-order valence-electron chi connectivity index (χ1n) is 7.98. The van der Waals surface area contributed by atoms with Gasteiger partial charge in [-0.3, -0.25) is 10.0 Å². The van der Waals surface area contributed by atoms with Crippen LogP contribution in [0.3, 0.4) is 0 Å². The SMILES string of the molecule is O=C(NCc1ccc(C(=O)NO)cc1)OCC1COc2ccccc2O1. The molecule has 1 aliphatic rings. The van der Waals surface area contributed by atoms with E-state index in [1.165, 1.54) is 0 Å². The summed E-state index contributed by atoms with van der Waals surface area (Å²) < 4.78 is 16.4. The molecule has 0 spiro atoms. The van der Waals surface area contributed by atoms with Gasteiger partial charge in [-0.05, 0) is 29.8 Å². The molecule has 0 aromatic heterocycles. The quantitative estimate of drug-likeness (QED) is 0.557. The zero-order valence-corrected chi connectivity index (χ0v) is 13.8. The fourth-order valence-corrected chi connectivity index (χ4v) is 2.38. The second-order valence-corrected chi connectivity index (χ2v) is 5.59. The predicted molar refractivity (Wildman–Crippen MR) is 90.2 cm³/mol. The van der Waals surface area contributed by atoms with Crippen LogP contribution >= 0.6 is 0 Å². The van der Waals surface area contributed by atoms with Gasteiger partial charge in [0.2, 0.25) is 0 Å². The van der Waals surface area contributed by atoms with Crippen molar-refractivity contribution in [2.24, 2.45) is 0 Å². The lowest BCUT2D eigenvalue weighted by atomic mass is 10.1. The average molecular weight is 358 g/mol. The van der Waals surface area contributed by atoms with Crippen LogP contribution in [0.25, 0.3) is 0 Å². The maximum absolute atomic E-state index is 11.8. The fraction of sp³-hybridized carbons (Fsp3) is 0.222. The maximum atomic E-state index is 11.8. The molecule has 0 fully saturated rings. The monoisotopic (exact) mass is 358 g/mol. The number of nitrogens with one attached hydrogen (secondary N) is 2. The molecule has 0 saturated carbocycles. The Labute approximate surface area is 149 Å². The number of carbonyl (C=O) groups excluding carboxylic acids is 2. The molecule has 2 aromatic rings. The number of para-hydroxylation sites is 2. The number of ether oxygens (including phenoxy) is 3.